The zero-order valence-corrected chi connectivity index (χ0v) is 11.6. The van der Waals surface area contributed by atoms with E-state index in [0.717, 1.165) is 24.4 Å². The van der Waals surface area contributed by atoms with Gasteiger partial charge in [-0.05, 0) is 40.1 Å². The second-order valence-corrected chi connectivity index (χ2v) is 5.02. The zero-order valence-electron chi connectivity index (χ0n) is 11.6. The number of rotatable bonds is 5. The van der Waals surface area contributed by atoms with E-state index in [4.69, 9.17) is 0 Å². The van der Waals surface area contributed by atoms with Gasteiger partial charge >= 0.3 is 0 Å². The van der Waals surface area contributed by atoms with Crippen molar-refractivity contribution in [3.05, 3.63) is 35.8 Å². The maximum absolute atomic E-state index is 4.56. The Morgan fingerprint density at radius 3 is 2.89 bits per heavy atom. The number of aromatic nitrogens is 2. The van der Waals surface area contributed by atoms with Crippen molar-refractivity contribution in [1.82, 2.24) is 19.6 Å². The third-order valence-corrected chi connectivity index (χ3v) is 3.44. The number of fused-ring (bicyclic) bond motifs is 1. The van der Waals surface area contributed by atoms with Crippen LogP contribution in [0.1, 0.15) is 18.3 Å². The predicted molar refractivity (Wildman–Crippen MR) is 74.8 cm³/mol. The Labute approximate surface area is 109 Å². The number of hydrogen-bond acceptors (Lipinski definition) is 3. The van der Waals surface area contributed by atoms with Gasteiger partial charge < -0.3 is 14.6 Å². The fraction of sp³-hybridized carbons (Fsp3) is 0.500. The average molecular weight is 246 g/mol. The zero-order chi connectivity index (χ0) is 13.1. The van der Waals surface area contributed by atoms with Crippen LogP contribution in [0.3, 0.4) is 0 Å². The van der Waals surface area contributed by atoms with E-state index < -0.39 is 0 Å². The van der Waals surface area contributed by atoms with Gasteiger partial charge in [-0.2, -0.15) is 0 Å². The third-order valence-electron chi connectivity index (χ3n) is 3.44. The van der Waals surface area contributed by atoms with Crippen LogP contribution in [-0.4, -0.2) is 41.0 Å². The molecule has 0 aliphatic heterocycles. The molecular formula is C14H22N4. The highest BCUT2D eigenvalue weighted by molar-refractivity contribution is 5.42. The Hall–Kier alpha value is -1.39. The number of imidazole rings is 1. The van der Waals surface area contributed by atoms with Crippen LogP contribution in [0.2, 0.25) is 0 Å². The lowest BCUT2D eigenvalue weighted by molar-refractivity contribution is 0.302. The number of likely N-dealkylation sites (N-methyl/N-ethyl adjacent to an activating group) is 1. The first-order chi connectivity index (χ1) is 8.59. The molecule has 1 unspecified atom stereocenters. The molecule has 18 heavy (non-hydrogen) atoms. The van der Waals surface area contributed by atoms with E-state index in [1.807, 2.05) is 18.2 Å². The van der Waals surface area contributed by atoms with Gasteiger partial charge in [0.2, 0.25) is 0 Å². The molecule has 4 heteroatoms. The average Bonchev–Trinajstić information content (AvgIpc) is 2.65. The molecular weight excluding hydrogens is 224 g/mol. The van der Waals surface area contributed by atoms with Crippen LogP contribution < -0.4 is 5.32 Å². The number of hydrogen-bond donors (Lipinski definition) is 1. The van der Waals surface area contributed by atoms with Gasteiger partial charge in [-0.3, -0.25) is 0 Å². The van der Waals surface area contributed by atoms with Gasteiger partial charge in [-0.25, -0.2) is 4.98 Å². The van der Waals surface area contributed by atoms with Crippen LogP contribution in [-0.2, 0) is 6.54 Å². The number of nitrogens with zero attached hydrogens (tertiary/aromatic N) is 3. The van der Waals surface area contributed by atoms with Crippen LogP contribution in [0.15, 0.2) is 24.4 Å². The van der Waals surface area contributed by atoms with Crippen molar-refractivity contribution >= 4 is 5.65 Å². The summed E-state index contributed by atoms with van der Waals surface area (Å²) in [5, 5.41) is 3.50. The molecule has 0 aliphatic carbocycles. The lowest BCUT2D eigenvalue weighted by Gasteiger charge is -2.20. The highest BCUT2D eigenvalue weighted by Crippen LogP contribution is 2.11. The molecule has 0 saturated carbocycles. The summed E-state index contributed by atoms with van der Waals surface area (Å²) < 4.78 is 2.16. The molecule has 4 nitrogen and oxygen atoms in total. The van der Waals surface area contributed by atoms with Gasteiger partial charge in [-0.1, -0.05) is 6.07 Å². The molecule has 0 bridgehead atoms. The van der Waals surface area contributed by atoms with Crippen molar-refractivity contribution in [1.29, 1.82) is 0 Å². The van der Waals surface area contributed by atoms with Gasteiger partial charge in [0.25, 0.3) is 0 Å². The monoisotopic (exact) mass is 246 g/mol. The van der Waals surface area contributed by atoms with Gasteiger partial charge in [0.15, 0.2) is 0 Å². The van der Waals surface area contributed by atoms with Crippen LogP contribution in [0.25, 0.3) is 5.65 Å². The Balaban J connectivity index is 2.05. The number of aryl methyl sites for hydroxylation is 1. The lowest BCUT2D eigenvalue weighted by Crippen LogP contribution is -2.35. The van der Waals surface area contributed by atoms with Crippen molar-refractivity contribution in [2.45, 2.75) is 26.4 Å². The summed E-state index contributed by atoms with van der Waals surface area (Å²) in [5.41, 5.74) is 3.37. The fourth-order valence-electron chi connectivity index (χ4n) is 1.96. The summed E-state index contributed by atoms with van der Waals surface area (Å²) in [6, 6.07) is 6.64. The van der Waals surface area contributed by atoms with Crippen molar-refractivity contribution in [3.8, 4) is 0 Å². The fourth-order valence-corrected chi connectivity index (χ4v) is 1.96. The van der Waals surface area contributed by atoms with Gasteiger partial charge in [0.05, 0.1) is 11.4 Å². The highest BCUT2D eigenvalue weighted by atomic mass is 15.1. The molecule has 0 fully saturated rings. The quantitative estimate of drug-likeness (QED) is 0.871. The molecule has 0 spiro atoms. The third kappa shape index (κ3) is 2.71. The van der Waals surface area contributed by atoms with E-state index in [9.17, 15) is 0 Å². The molecule has 0 radical (unpaired) electrons. The van der Waals surface area contributed by atoms with Crippen molar-refractivity contribution in [2.24, 2.45) is 0 Å². The standard InChI is InChI=1S/C14H22N4/c1-11(17(3)4)9-15-10-13-12(2)16-14-7-5-6-8-18(13)14/h5-8,11,15H,9-10H2,1-4H3. The SMILES string of the molecule is Cc1nc2ccccn2c1CNCC(C)N(C)C. The maximum Gasteiger partial charge on any atom is 0.137 e. The minimum atomic E-state index is 0.532. The van der Waals surface area contributed by atoms with Crippen LogP contribution >= 0.6 is 0 Å². The molecule has 2 heterocycles. The van der Waals surface area contributed by atoms with E-state index >= 15 is 0 Å². The predicted octanol–water partition coefficient (Wildman–Crippen LogP) is 1.68. The molecule has 0 amide bonds. The summed E-state index contributed by atoms with van der Waals surface area (Å²) >= 11 is 0. The topological polar surface area (TPSA) is 32.6 Å². The smallest absolute Gasteiger partial charge is 0.137 e. The molecule has 1 atom stereocenters. The van der Waals surface area contributed by atoms with Crippen molar-refractivity contribution in [3.63, 3.8) is 0 Å². The largest absolute Gasteiger partial charge is 0.310 e. The molecule has 98 valence electrons. The molecule has 2 rings (SSSR count). The van der Waals surface area contributed by atoms with Gasteiger partial charge in [-0.15, -0.1) is 0 Å². The Bertz CT molecular complexity index is 515. The molecule has 0 saturated heterocycles. The Kier molecular flexibility index (Phi) is 3.99. The molecule has 0 aromatic carbocycles. The van der Waals surface area contributed by atoms with Crippen LogP contribution in [0.4, 0.5) is 0 Å². The molecule has 1 N–H and O–H groups in total. The van der Waals surface area contributed by atoms with Crippen LogP contribution in [0, 0.1) is 6.92 Å². The normalized spacial score (nSPS) is 13.4. The summed E-state index contributed by atoms with van der Waals surface area (Å²) in [4.78, 5) is 6.78. The maximum atomic E-state index is 4.56. The summed E-state index contributed by atoms with van der Waals surface area (Å²) in [5.74, 6) is 0. The Morgan fingerprint density at radius 2 is 2.17 bits per heavy atom. The second-order valence-electron chi connectivity index (χ2n) is 5.02. The molecule has 0 aliphatic rings. The number of nitrogens with one attached hydrogen (secondary N) is 1. The van der Waals surface area contributed by atoms with Crippen molar-refractivity contribution < 1.29 is 0 Å². The first-order valence-corrected chi connectivity index (χ1v) is 6.39. The molecule has 2 aromatic rings. The van der Waals surface area contributed by atoms with E-state index in [1.54, 1.807) is 0 Å². The summed E-state index contributed by atoms with van der Waals surface area (Å²) in [6.07, 6.45) is 2.07. The van der Waals surface area contributed by atoms with E-state index in [2.05, 4.69) is 53.7 Å². The lowest BCUT2D eigenvalue weighted by atomic mass is 10.3. The van der Waals surface area contributed by atoms with Gasteiger partial charge in [0, 0.05) is 25.3 Å². The van der Waals surface area contributed by atoms with Gasteiger partial charge in [0.1, 0.15) is 5.65 Å². The van der Waals surface area contributed by atoms with E-state index in [0.29, 0.717) is 6.04 Å². The first-order valence-electron chi connectivity index (χ1n) is 6.39. The highest BCUT2D eigenvalue weighted by Gasteiger charge is 2.08. The van der Waals surface area contributed by atoms with Crippen LogP contribution in [0.5, 0.6) is 0 Å². The summed E-state index contributed by atoms with van der Waals surface area (Å²) in [7, 11) is 4.21. The minimum absolute atomic E-state index is 0.532. The van der Waals surface area contributed by atoms with Crippen molar-refractivity contribution in [2.75, 3.05) is 20.6 Å². The van der Waals surface area contributed by atoms with E-state index in [-0.39, 0.29) is 0 Å². The van der Waals surface area contributed by atoms with E-state index in [1.165, 1.54) is 5.69 Å². The first kappa shape index (κ1) is 13.1. The summed E-state index contributed by atoms with van der Waals surface area (Å²) in [6.45, 7) is 6.12. The minimum Gasteiger partial charge on any atom is -0.310 e. The second kappa shape index (κ2) is 5.50. The Morgan fingerprint density at radius 1 is 1.39 bits per heavy atom. The molecule has 2 aromatic heterocycles. The number of pyridine rings is 1.